The van der Waals surface area contributed by atoms with Gasteiger partial charge in [-0.3, -0.25) is 0 Å². The second-order valence-electron chi connectivity index (χ2n) is 4.84. The van der Waals surface area contributed by atoms with Crippen molar-refractivity contribution in [3.05, 3.63) is 35.5 Å². The van der Waals surface area contributed by atoms with Gasteiger partial charge >= 0.3 is 0 Å². The number of ether oxygens (including phenoxy) is 1. The number of imidazole rings is 1. The summed E-state index contributed by atoms with van der Waals surface area (Å²) in [6.45, 7) is 3.30. The first-order valence-electron chi connectivity index (χ1n) is 6.74. The van der Waals surface area contributed by atoms with Crippen molar-refractivity contribution in [1.82, 2.24) is 14.6 Å². The maximum atomic E-state index is 5.91. The molecule has 0 saturated carbocycles. The van der Waals surface area contributed by atoms with E-state index in [2.05, 4.69) is 15.0 Å². The van der Waals surface area contributed by atoms with Crippen LogP contribution < -0.4 is 4.90 Å². The number of halogens is 1. The molecule has 0 spiro atoms. The smallest absolute Gasteiger partial charge is 0.214 e. The van der Waals surface area contributed by atoms with Crippen molar-refractivity contribution in [3.63, 3.8) is 0 Å². The van der Waals surface area contributed by atoms with E-state index in [0.717, 1.165) is 52.7 Å². The zero-order valence-electron chi connectivity index (χ0n) is 11.2. The van der Waals surface area contributed by atoms with Crippen molar-refractivity contribution in [2.45, 2.75) is 0 Å². The van der Waals surface area contributed by atoms with Gasteiger partial charge in [-0.1, -0.05) is 35.1 Å². The number of hydrogen-bond acceptors (Lipinski definition) is 5. The third-order valence-corrected chi connectivity index (χ3v) is 4.69. The lowest BCUT2D eigenvalue weighted by molar-refractivity contribution is 0.122. The molecule has 1 saturated heterocycles. The molecule has 0 atom stereocenters. The van der Waals surface area contributed by atoms with Gasteiger partial charge in [0, 0.05) is 23.7 Å². The topological polar surface area (TPSA) is 42.7 Å². The molecule has 2 aromatic heterocycles. The predicted molar refractivity (Wildman–Crippen MR) is 84.3 cm³/mol. The van der Waals surface area contributed by atoms with Gasteiger partial charge in [0.25, 0.3) is 0 Å². The van der Waals surface area contributed by atoms with E-state index < -0.39 is 0 Å². The molecule has 0 aliphatic carbocycles. The average molecular weight is 321 g/mol. The molecule has 5 nitrogen and oxygen atoms in total. The fourth-order valence-electron chi connectivity index (χ4n) is 2.33. The summed E-state index contributed by atoms with van der Waals surface area (Å²) < 4.78 is 7.21. The first-order valence-corrected chi connectivity index (χ1v) is 7.94. The SMILES string of the molecule is Clc1ccc(-c2cn3nc(N4CCOCC4)sc3n2)cc1. The second kappa shape index (κ2) is 5.29. The van der Waals surface area contributed by atoms with Crippen LogP contribution in [0.2, 0.25) is 5.02 Å². The summed E-state index contributed by atoms with van der Waals surface area (Å²) in [6.07, 6.45) is 1.96. The fourth-order valence-corrected chi connectivity index (χ4v) is 3.39. The summed E-state index contributed by atoms with van der Waals surface area (Å²) in [4.78, 5) is 7.79. The molecule has 4 rings (SSSR count). The Balaban J connectivity index is 1.65. The molecule has 0 N–H and O–H groups in total. The minimum absolute atomic E-state index is 0.729. The quantitative estimate of drug-likeness (QED) is 0.728. The summed E-state index contributed by atoms with van der Waals surface area (Å²) in [5, 5.41) is 6.35. The van der Waals surface area contributed by atoms with Crippen LogP contribution in [-0.2, 0) is 4.74 Å². The van der Waals surface area contributed by atoms with Crippen LogP contribution in [-0.4, -0.2) is 40.9 Å². The van der Waals surface area contributed by atoms with Gasteiger partial charge in [-0.15, -0.1) is 5.10 Å². The predicted octanol–water partition coefficient (Wildman–Crippen LogP) is 2.95. The van der Waals surface area contributed by atoms with Gasteiger partial charge in [0.2, 0.25) is 10.1 Å². The molecule has 1 aliphatic heterocycles. The molecule has 108 valence electrons. The van der Waals surface area contributed by atoms with Crippen LogP contribution >= 0.6 is 22.9 Å². The molecule has 7 heteroatoms. The van der Waals surface area contributed by atoms with Gasteiger partial charge in [-0.05, 0) is 12.1 Å². The molecule has 3 aromatic rings. The molecule has 1 fully saturated rings. The number of morpholine rings is 1. The van der Waals surface area contributed by atoms with Crippen molar-refractivity contribution >= 4 is 33.0 Å². The number of benzene rings is 1. The van der Waals surface area contributed by atoms with Gasteiger partial charge in [-0.25, -0.2) is 9.50 Å². The second-order valence-corrected chi connectivity index (χ2v) is 6.22. The number of aromatic nitrogens is 3. The Morgan fingerprint density at radius 2 is 1.90 bits per heavy atom. The minimum Gasteiger partial charge on any atom is -0.378 e. The molecule has 21 heavy (non-hydrogen) atoms. The van der Waals surface area contributed by atoms with Gasteiger partial charge in [0.05, 0.1) is 25.1 Å². The summed E-state index contributed by atoms with van der Waals surface area (Å²) in [6, 6.07) is 7.68. The summed E-state index contributed by atoms with van der Waals surface area (Å²) in [7, 11) is 0. The Morgan fingerprint density at radius 1 is 1.14 bits per heavy atom. The third kappa shape index (κ3) is 2.50. The number of fused-ring (bicyclic) bond motifs is 1. The Labute approximate surface area is 130 Å². The van der Waals surface area contributed by atoms with Crippen molar-refractivity contribution in [3.8, 4) is 11.3 Å². The van der Waals surface area contributed by atoms with Gasteiger partial charge in [-0.2, -0.15) is 0 Å². The van der Waals surface area contributed by atoms with Crippen LogP contribution in [0.4, 0.5) is 5.13 Å². The van der Waals surface area contributed by atoms with E-state index in [1.54, 1.807) is 11.3 Å². The number of hydrogen-bond donors (Lipinski definition) is 0. The Bertz CT molecular complexity index is 729. The zero-order chi connectivity index (χ0) is 14.2. The average Bonchev–Trinajstić information content (AvgIpc) is 3.07. The fraction of sp³-hybridized carbons (Fsp3) is 0.286. The highest BCUT2D eigenvalue weighted by atomic mass is 35.5. The van der Waals surface area contributed by atoms with E-state index in [1.165, 1.54) is 0 Å². The summed E-state index contributed by atoms with van der Waals surface area (Å²) >= 11 is 7.52. The van der Waals surface area contributed by atoms with E-state index >= 15 is 0 Å². The summed E-state index contributed by atoms with van der Waals surface area (Å²) in [5.74, 6) is 0. The van der Waals surface area contributed by atoms with Crippen LogP contribution in [0, 0.1) is 0 Å². The highest BCUT2D eigenvalue weighted by Crippen LogP contribution is 2.27. The third-order valence-electron chi connectivity index (χ3n) is 3.45. The van der Waals surface area contributed by atoms with Crippen molar-refractivity contribution in [1.29, 1.82) is 0 Å². The van der Waals surface area contributed by atoms with Gasteiger partial charge in [0.1, 0.15) is 0 Å². The minimum atomic E-state index is 0.729. The lowest BCUT2D eigenvalue weighted by Crippen LogP contribution is -2.36. The molecule has 1 aliphatic rings. The summed E-state index contributed by atoms with van der Waals surface area (Å²) in [5.41, 5.74) is 1.96. The van der Waals surface area contributed by atoms with Crippen molar-refractivity contribution in [2.24, 2.45) is 0 Å². The van der Waals surface area contributed by atoms with Crippen molar-refractivity contribution in [2.75, 3.05) is 31.2 Å². The Hall–Kier alpha value is -1.63. The van der Waals surface area contributed by atoms with E-state index in [0.29, 0.717) is 0 Å². The lowest BCUT2D eigenvalue weighted by Gasteiger charge is -2.25. The first kappa shape index (κ1) is 13.1. The molecular formula is C14H13ClN4OS. The van der Waals surface area contributed by atoms with E-state index in [9.17, 15) is 0 Å². The highest BCUT2D eigenvalue weighted by molar-refractivity contribution is 7.20. The highest BCUT2D eigenvalue weighted by Gasteiger charge is 2.17. The standard InChI is InChI=1S/C14H13ClN4OS/c15-11-3-1-10(2-4-11)12-9-19-13(16-12)21-14(17-19)18-5-7-20-8-6-18/h1-4,9H,5-8H2. The van der Waals surface area contributed by atoms with Crippen LogP contribution in [0.25, 0.3) is 16.2 Å². The number of rotatable bonds is 2. The van der Waals surface area contributed by atoms with Crippen LogP contribution in [0.1, 0.15) is 0 Å². The molecule has 0 bridgehead atoms. The normalized spacial score (nSPS) is 15.8. The Kier molecular flexibility index (Phi) is 3.29. The van der Waals surface area contributed by atoms with Crippen LogP contribution in [0.5, 0.6) is 0 Å². The molecular weight excluding hydrogens is 308 g/mol. The number of nitrogens with zero attached hydrogens (tertiary/aromatic N) is 4. The van der Waals surface area contributed by atoms with E-state index in [1.807, 2.05) is 35.0 Å². The van der Waals surface area contributed by atoms with Crippen LogP contribution in [0.15, 0.2) is 30.5 Å². The maximum Gasteiger partial charge on any atom is 0.214 e. The molecule has 0 radical (unpaired) electrons. The Morgan fingerprint density at radius 3 is 2.62 bits per heavy atom. The molecule has 0 unspecified atom stereocenters. The number of anilines is 1. The lowest BCUT2D eigenvalue weighted by atomic mass is 10.2. The largest absolute Gasteiger partial charge is 0.378 e. The molecule has 0 amide bonds. The van der Waals surface area contributed by atoms with Gasteiger partial charge in [0.15, 0.2) is 0 Å². The zero-order valence-corrected chi connectivity index (χ0v) is 12.8. The van der Waals surface area contributed by atoms with Crippen molar-refractivity contribution < 1.29 is 4.74 Å². The van der Waals surface area contributed by atoms with Gasteiger partial charge < -0.3 is 9.64 Å². The molecule has 1 aromatic carbocycles. The van der Waals surface area contributed by atoms with Crippen LogP contribution in [0.3, 0.4) is 0 Å². The van der Waals surface area contributed by atoms with E-state index in [-0.39, 0.29) is 0 Å². The monoisotopic (exact) mass is 320 g/mol. The first-order chi connectivity index (χ1) is 10.3. The van der Waals surface area contributed by atoms with E-state index in [4.69, 9.17) is 16.3 Å². The maximum absolute atomic E-state index is 5.91. The molecule has 3 heterocycles.